The van der Waals surface area contributed by atoms with Crippen molar-refractivity contribution in [3.05, 3.63) is 41.5 Å². The maximum atomic E-state index is 12.0. The van der Waals surface area contributed by atoms with Crippen LogP contribution in [0.2, 0.25) is 0 Å². The predicted octanol–water partition coefficient (Wildman–Crippen LogP) is 3.09. The molecule has 2 N–H and O–H groups in total. The lowest BCUT2D eigenvalue weighted by atomic mass is 10.1. The van der Waals surface area contributed by atoms with Gasteiger partial charge in [-0.3, -0.25) is 4.79 Å². The fraction of sp³-hybridized carbons (Fsp3) is 0.375. The Bertz CT molecular complexity index is 477. The fourth-order valence-electron chi connectivity index (χ4n) is 1.91. The molecular formula is C16H21NO3. The first-order valence-corrected chi connectivity index (χ1v) is 6.88. The smallest absolute Gasteiger partial charge is 0.328 e. The van der Waals surface area contributed by atoms with Crippen LogP contribution in [0.25, 0.3) is 6.08 Å². The van der Waals surface area contributed by atoms with Gasteiger partial charge in [0.15, 0.2) is 0 Å². The number of carboxylic acids is 1. The Kier molecular flexibility index (Phi) is 6.50. The largest absolute Gasteiger partial charge is 0.478 e. The van der Waals surface area contributed by atoms with E-state index in [0.29, 0.717) is 5.56 Å². The molecule has 1 atom stereocenters. The molecule has 1 aromatic carbocycles. The van der Waals surface area contributed by atoms with E-state index < -0.39 is 5.97 Å². The van der Waals surface area contributed by atoms with E-state index in [1.807, 2.05) is 0 Å². The van der Waals surface area contributed by atoms with E-state index in [1.54, 1.807) is 24.3 Å². The summed E-state index contributed by atoms with van der Waals surface area (Å²) >= 11 is 0. The molecule has 1 rings (SSSR count). The Morgan fingerprint density at radius 1 is 1.25 bits per heavy atom. The first-order chi connectivity index (χ1) is 9.56. The Hall–Kier alpha value is -2.10. The highest BCUT2D eigenvalue weighted by molar-refractivity contribution is 5.94. The van der Waals surface area contributed by atoms with Gasteiger partial charge < -0.3 is 10.4 Å². The number of carbonyl (C=O) groups is 2. The average Bonchev–Trinajstić information content (AvgIpc) is 2.45. The van der Waals surface area contributed by atoms with Crippen molar-refractivity contribution in [2.24, 2.45) is 0 Å². The monoisotopic (exact) mass is 275 g/mol. The highest BCUT2D eigenvalue weighted by Crippen LogP contribution is 2.08. The Morgan fingerprint density at radius 2 is 1.90 bits per heavy atom. The maximum absolute atomic E-state index is 12.0. The van der Waals surface area contributed by atoms with Gasteiger partial charge in [0.25, 0.3) is 5.91 Å². The Labute approximate surface area is 119 Å². The van der Waals surface area contributed by atoms with Crippen LogP contribution in [-0.4, -0.2) is 23.0 Å². The zero-order valence-electron chi connectivity index (χ0n) is 11.9. The number of carbonyl (C=O) groups excluding carboxylic acids is 1. The van der Waals surface area contributed by atoms with Crippen LogP contribution in [0, 0.1) is 0 Å². The molecule has 0 saturated heterocycles. The summed E-state index contributed by atoms with van der Waals surface area (Å²) in [6, 6.07) is 7.08. The van der Waals surface area contributed by atoms with E-state index in [0.717, 1.165) is 30.9 Å². The van der Waals surface area contributed by atoms with Crippen molar-refractivity contribution in [1.29, 1.82) is 0 Å². The highest BCUT2D eigenvalue weighted by atomic mass is 16.4. The van der Waals surface area contributed by atoms with E-state index >= 15 is 0 Å². The molecule has 4 heteroatoms. The van der Waals surface area contributed by atoms with Gasteiger partial charge in [0.1, 0.15) is 0 Å². The average molecular weight is 275 g/mol. The molecule has 20 heavy (non-hydrogen) atoms. The third-order valence-electron chi connectivity index (χ3n) is 3.06. The molecule has 0 saturated carbocycles. The van der Waals surface area contributed by atoms with Crippen molar-refractivity contribution in [1.82, 2.24) is 5.32 Å². The molecule has 1 aromatic rings. The molecule has 1 amide bonds. The quantitative estimate of drug-likeness (QED) is 0.751. The van der Waals surface area contributed by atoms with Crippen molar-refractivity contribution in [2.45, 2.75) is 39.2 Å². The van der Waals surface area contributed by atoms with Gasteiger partial charge in [-0.05, 0) is 36.6 Å². The number of amides is 1. The topological polar surface area (TPSA) is 66.4 Å². The van der Waals surface area contributed by atoms with Gasteiger partial charge in [-0.15, -0.1) is 0 Å². The highest BCUT2D eigenvalue weighted by Gasteiger charge is 2.10. The summed E-state index contributed by atoms with van der Waals surface area (Å²) < 4.78 is 0. The summed E-state index contributed by atoms with van der Waals surface area (Å²) in [4.78, 5) is 22.5. The van der Waals surface area contributed by atoms with Gasteiger partial charge in [-0.25, -0.2) is 4.79 Å². The second-order valence-electron chi connectivity index (χ2n) is 4.66. The molecule has 0 radical (unpaired) electrons. The van der Waals surface area contributed by atoms with Crippen LogP contribution in [0.4, 0.5) is 0 Å². The van der Waals surface area contributed by atoms with Crippen LogP contribution in [0.15, 0.2) is 30.3 Å². The molecule has 0 spiro atoms. The number of aliphatic carboxylic acids is 1. The van der Waals surface area contributed by atoms with Crippen LogP contribution in [0.5, 0.6) is 0 Å². The van der Waals surface area contributed by atoms with Gasteiger partial charge in [0, 0.05) is 17.7 Å². The van der Waals surface area contributed by atoms with Gasteiger partial charge in [0.05, 0.1) is 0 Å². The van der Waals surface area contributed by atoms with Gasteiger partial charge in [0.2, 0.25) is 0 Å². The van der Waals surface area contributed by atoms with Crippen molar-refractivity contribution >= 4 is 18.0 Å². The molecule has 0 fully saturated rings. The standard InChI is InChI=1S/C16H21NO3/c1-3-5-14(4-2)17-16(20)13-9-6-12(7-10-13)8-11-15(18)19/h6-11,14H,3-5H2,1-2H3,(H,17,20)(H,18,19). The van der Waals surface area contributed by atoms with Gasteiger partial charge >= 0.3 is 5.97 Å². The maximum Gasteiger partial charge on any atom is 0.328 e. The molecule has 1 unspecified atom stereocenters. The third-order valence-corrected chi connectivity index (χ3v) is 3.06. The number of hydrogen-bond donors (Lipinski definition) is 2. The fourth-order valence-corrected chi connectivity index (χ4v) is 1.91. The lowest BCUT2D eigenvalue weighted by Gasteiger charge is -2.16. The van der Waals surface area contributed by atoms with E-state index in [2.05, 4.69) is 19.2 Å². The summed E-state index contributed by atoms with van der Waals surface area (Å²) in [5.41, 5.74) is 1.34. The second kappa shape index (κ2) is 8.15. The minimum absolute atomic E-state index is 0.0842. The van der Waals surface area contributed by atoms with Crippen molar-refractivity contribution in [3.8, 4) is 0 Å². The zero-order valence-corrected chi connectivity index (χ0v) is 11.9. The Balaban J connectivity index is 2.68. The van der Waals surface area contributed by atoms with Crippen LogP contribution in [0.1, 0.15) is 49.0 Å². The molecule has 0 heterocycles. The zero-order chi connectivity index (χ0) is 15.0. The van der Waals surface area contributed by atoms with Gasteiger partial charge in [-0.2, -0.15) is 0 Å². The lowest BCUT2D eigenvalue weighted by Crippen LogP contribution is -2.34. The summed E-state index contributed by atoms with van der Waals surface area (Å²) in [5.74, 6) is -1.07. The van der Waals surface area contributed by atoms with E-state index in [9.17, 15) is 9.59 Å². The van der Waals surface area contributed by atoms with Crippen molar-refractivity contribution < 1.29 is 14.7 Å². The van der Waals surface area contributed by atoms with Gasteiger partial charge in [-0.1, -0.05) is 32.4 Å². The number of carboxylic acid groups (broad SMARTS) is 1. The van der Waals surface area contributed by atoms with Crippen LogP contribution >= 0.6 is 0 Å². The number of hydrogen-bond acceptors (Lipinski definition) is 2. The molecule has 0 aromatic heterocycles. The number of benzene rings is 1. The molecule has 108 valence electrons. The minimum atomic E-state index is -0.989. The molecule has 0 bridgehead atoms. The van der Waals surface area contributed by atoms with Crippen LogP contribution < -0.4 is 5.32 Å². The normalized spacial score (nSPS) is 12.3. The molecule has 4 nitrogen and oxygen atoms in total. The van der Waals surface area contributed by atoms with E-state index in [4.69, 9.17) is 5.11 Å². The van der Waals surface area contributed by atoms with Crippen molar-refractivity contribution in [2.75, 3.05) is 0 Å². The number of rotatable bonds is 7. The molecular weight excluding hydrogens is 254 g/mol. The summed E-state index contributed by atoms with van der Waals surface area (Å²) in [5, 5.41) is 11.5. The summed E-state index contributed by atoms with van der Waals surface area (Å²) in [6.07, 6.45) is 5.50. The first-order valence-electron chi connectivity index (χ1n) is 6.88. The predicted molar refractivity (Wildman–Crippen MR) is 79.6 cm³/mol. The molecule has 0 aliphatic carbocycles. The minimum Gasteiger partial charge on any atom is -0.478 e. The SMILES string of the molecule is CCCC(CC)NC(=O)c1ccc(C=CC(=O)O)cc1. The van der Waals surface area contributed by atoms with E-state index in [1.165, 1.54) is 6.08 Å². The van der Waals surface area contributed by atoms with E-state index in [-0.39, 0.29) is 11.9 Å². The van der Waals surface area contributed by atoms with Crippen molar-refractivity contribution in [3.63, 3.8) is 0 Å². The summed E-state index contributed by atoms with van der Waals surface area (Å²) in [6.45, 7) is 4.15. The second-order valence-corrected chi connectivity index (χ2v) is 4.66. The number of nitrogens with one attached hydrogen (secondary N) is 1. The third kappa shape index (κ3) is 5.26. The van der Waals surface area contributed by atoms with Crippen LogP contribution in [-0.2, 0) is 4.79 Å². The lowest BCUT2D eigenvalue weighted by molar-refractivity contribution is -0.131. The summed E-state index contributed by atoms with van der Waals surface area (Å²) in [7, 11) is 0. The molecule has 0 aliphatic rings. The Morgan fingerprint density at radius 3 is 2.40 bits per heavy atom. The molecule has 0 aliphatic heterocycles. The first kappa shape index (κ1) is 16.0. The van der Waals surface area contributed by atoms with Crippen LogP contribution in [0.3, 0.4) is 0 Å².